The summed E-state index contributed by atoms with van der Waals surface area (Å²) < 4.78 is 11.4. The zero-order valence-electron chi connectivity index (χ0n) is 20.0. The zero-order valence-corrected chi connectivity index (χ0v) is 20.0. The van der Waals surface area contributed by atoms with Crippen LogP contribution < -0.4 is 16.0 Å². The van der Waals surface area contributed by atoms with E-state index in [1.807, 2.05) is 0 Å². The second-order valence-corrected chi connectivity index (χ2v) is 10.1. The van der Waals surface area contributed by atoms with E-state index in [4.69, 9.17) is 9.47 Å². The minimum atomic E-state index is -0.765. The molecule has 1 saturated carbocycles. The smallest absolute Gasteiger partial charge is 0.315 e. The zero-order chi connectivity index (χ0) is 23.2. The molecule has 0 radical (unpaired) electrons. The van der Waals surface area contributed by atoms with Gasteiger partial charge in [0.05, 0.1) is 31.4 Å². The number of carbonyl (C=O) groups is 1. The van der Waals surface area contributed by atoms with E-state index in [0.29, 0.717) is 12.7 Å². The van der Waals surface area contributed by atoms with Crippen LogP contribution >= 0.6 is 0 Å². The molecule has 0 aromatic carbocycles. The van der Waals surface area contributed by atoms with Crippen molar-refractivity contribution in [3.63, 3.8) is 0 Å². The van der Waals surface area contributed by atoms with Gasteiger partial charge in [-0.05, 0) is 38.5 Å². The molecule has 10 heteroatoms. The summed E-state index contributed by atoms with van der Waals surface area (Å²) in [6, 6.07) is -0.323. The van der Waals surface area contributed by atoms with Gasteiger partial charge in [-0.2, -0.15) is 0 Å². The van der Waals surface area contributed by atoms with Gasteiger partial charge in [0.25, 0.3) is 0 Å². The predicted octanol–water partition coefficient (Wildman–Crippen LogP) is -1.58. The number of rotatable bonds is 7. The Labute approximate surface area is 197 Å². The summed E-state index contributed by atoms with van der Waals surface area (Å²) >= 11 is 0. The minimum Gasteiger partial charge on any atom is -0.394 e. The van der Waals surface area contributed by atoms with E-state index >= 15 is 0 Å². The molecular formula is C23H44N5O5+. The largest absolute Gasteiger partial charge is 0.394 e. The number of urea groups is 1. The first-order valence-corrected chi connectivity index (χ1v) is 12.9. The van der Waals surface area contributed by atoms with Crippen LogP contribution in [-0.4, -0.2) is 122 Å². The molecule has 0 aromatic heterocycles. The molecule has 3 aliphatic heterocycles. The lowest BCUT2D eigenvalue weighted by Crippen LogP contribution is -2.95. The Balaban J connectivity index is 1.27. The van der Waals surface area contributed by atoms with E-state index in [0.717, 1.165) is 51.9 Å². The highest BCUT2D eigenvalue weighted by Crippen LogP contribution is 2.27. The monoisotopic (exact) mass is 470 g/mol. The van der Waals surface area contributed by atoms with Gasteiger partial charge in [0, 0.05) is 52.3 Å². The maximum atomic E-state index is 12.5. The summed E-state index contributed by atoms with van der Waals surface area (Å²) in [6.45, 7) is 4.95. The molecule has 3 saturated heterocycles. The molecule has 0 aromatic rings. The number of aliphatic hydroxyl groups is 2. The van der Waals surface area contributed by atoms with Gasteiger partial charge in [-0.3, -0.25) is 9.80 Å². The molecule has 3 heterocycles. The summed E-state index contributed by atoms with van der Waals surface area (Å²) in [7, 11) is 1.72. The van der Waals surface area contributed by atoms with E-state index in [9.17, 15) is 15.0 Å². The molecule has 7 atom stereocenters. The number of aliphatic hydroxyl groups excluding tert-OH is 2. The minimum absolute atomic E-state index is 0.115. The lowest BCUT2D eigenvalue weighted by atomic mass is 9.93. The summed E-state index contributed by atoms with van der Waals surface area (Å²) in [6.07, 6.45) is 6.79. The fourth-order valence-electron chi connectivity index (χ4n) is 6.14. The summed E-state index contributed by atoms with van der Waals surface area (Å²) in [4.78, 5) is 17.4. The van der Waals surface area contributed by atoms with Gasteiger partial charge >= 0.3 is 6.03 Å². The molecule has 1 aliphatic carbocycles. The van der Waals surface area contributed by atoms with Crippen molar-refractivity contribution in [3.05, 3.63) is 0 Å². The Morgan fingerprint density at radius 1 is 1.09 bits per heavy atom. The number of nitrogens with two attached hydrogens (primary N) is 1. The number of hydrogen-bond donors (Lipinski definition) is 5. The molecule has 33 heavy (non-hydrogen) atoms. The number of hydrogen-bond acceptors (Lipinski definition) is 7. The van der Waals surface area contributed by atoms with Crippen molar-refractivity contribution in [1.29, 1.82) is 0 Å². The first-order chi connectivity index (χ1) is 16.1. The van der Waals surface area contributed by atoms with Crippen LogP contribution in [0.5, 0.6) is 0 Å². The summed E-state index contributed by atoms with van der Waals surface area (Å²) in [5.41, 5.74) is 0. The number of methoxy groups -OCH3 is 1. The Morgan fingerprint density at radius 2 is 1.88 bits per heavy atom. The quantitative estimate of drug-likeness (QED) is 0.304. The average Bonchev–Trinajstić information content (AvgIpc) is 3.18. The number of amides is 2. The van der Waals surface area contributed by atoms with Crippen molar-refractivity contribution in [3.8, 4) is 0 Å². The van der Waals surface area contributed by atoms with Crippen LogP contribution in [-0.2, 0) is 9.47 Å². The summed E-state index contributed by atoms with van der Waals surface area (Å²) in [5.74, 6) is 0. The van der Waals surface area contributed by atoms with Crippen LogP contribution in [0.2, 0.25) is 0 Å². The van der Waals surface area contributed by atoms with E-state index in [-0.39, 0.29) is 36.9 Å². The molecule has 10 nitrogen and oxygen atoms in total. The molecule has 3 unspecified atom stereocenters. The Morgan fingerprint density at radius 3 is 2.58 bits per heavy atom. The van der Waals surface area contributed by atoms with E-state index < -0.39 is 12.2 Å². The van der Waals surface area contributed by atoms with Crippen LogP contribution in [0.3, 0.4) is 0 Å². The van der Waals surface area contributed by atoms with E-state index in [1.165, 1.54) is 25.8 Å². The van der Waals surface area contributed by atoms with Gasteiger partial charge in [0.2, 0.25) is 0 Å². The van der Waals surface area contributed by atoms with Gasteiger partial charge in [0.15, 0.2) is 0 Å². The lowest BCUT2D eigenvalue weighted by Gasteiger charge is -2.42. The number of carbonyl (C=O) groups excluding carboxylic acids is 1. The molecule has 6 N–H and O–H groups in total. The van der Waals surface area contributed by atoms with Gasteiger partial charge in [0.1, 0.15) is 18.4 Å². The van der Waals surface area contributed by atoms with Crippen molar-refractivity contribution in [2.24, 2.45) is 0 Å². The van der Waals surface area contributed by atoms with Crippen LogP contribution in [0.1, 0.15) is 44.9 Å². The summed E-state index contributed by atoms with van der Waals surface area (Å²) in [5, 5.41) is 29.0. The average molecular weight is 471 g/mol. The molecular weight excluding hydrogens is 426 g/mol. The molecule has 4 rings (SSSR count). The molecule has 2 amide bonds. The highest BCUT2D eigenvalue weighted by molar-refractivity contribution is 5.74. The number of nitrogens with zero attached hydrogens (tertiary/aromatic N) is 2. The molecule has 0 bridgehead atoms. The van der Waals surface area contributed by atoms with Crippen molar-refractivity contribution < 1.29 is 29.8 Å². The van der Waals surface area contributed by atoms with Crippen LogP contribution in [0.15, 0.2) is 0 Å². The Kier molecular flexibility index (Phi) is 9.20. The normalized spacial score (nSPS) is 38.8. The second-order valence-electron chi connectivity index (χ2n) is 10.1. The first-order valence-electron chi connectivity index (χ1n) is 12.9. The van der Waals surface area contributed by atoms with E-state index in [2.05, 4.69) is 25.8 Å². The third-order valence-corrected chi connectivity index (χ3v) is 8.03. The Bertz CT molecular complexity index is 614. The van der Waals surface area contributed by atoms with Crippen LogP contribution in [0.4, 0.5) is 4.79 Å². The van der Waals surface area contributed by atoms with Crippen molar-refractivity contribution in [2.75, 3.05) is 53.0 Å². The number of quaternary nitrogens is 1. The molecule has 190 valence electrons. The maximum Gasteiger partial charge on any atom is 0.315 e. The van der Waals surface area contributed by atoms with Crippen molar-refractivity contribution in [1.82, 2.24) is 20.4 Å². The predicted molar refractivity (Wildman–Crippen MR) is 123 cm³/mol. The van der Waals surface area contributed by atoms with Gasteiger partial charge in [-0.15, -0.1) is 0 Å². The lowest BCUT2D eigenvalue weighted by molar-refractivity contribution is -0.717. The van der Waals surface area contributed by atoms with Gasteiger partial charge in [-0.1, -0.05) is 0 Å². The first kappa shape index (κ1) is 25.1. The van der Waals surface area contributed by atoms with E-state index in [1.54, 1.807) is 7.11 Å². The molecule has 4 fully saturated rings. The third-order valence-electron chi connectivity index (χ3n) is 8.03. The fraction of sp³-hybridized carbons (Fsp3) is 0.957. The number of piperidine rings is 1. The number of ether oxygens (including phenoxy) is 2. The van der Waals surface area contributed by atoms with Crippen LogP contribution in [0, 0.1) is 0 Å². The second kappa shape index (κ2) is 12.1. The number of piperazine rings is 1. The van der Waals surface area contributed by atoms with Gasteiger partial charge in [-0.25, -0.2) is 4.79 Å². The molecule has 4 aliphatic rings. The van der Waals surface area contributed by atoms with Crippen molar-refractivity contribution in [2.45, 2.75) is 87.6 Å². The highest BCUT2D eigenvalue weighted by atomic mass is 16.5. The fourth-order valence-corrected chi connectivity index (χ4v) is 6.14. The maximum absolute atomic E-state index is 12.5. The topological polar surface area (TPSA) is 123 Å². The third kappa shape index (κ3) is 6.36. The van der Waals surface area contributed by atoms with Gasteiger partial charge < -0.3 is 35.6 Å². The highest BCUT2D eigenvalue weighted by Gasteiger charge is 2.47. The molecule has 0 spiro atoms. The SMILES string of the molecule is COC1CCCC(NC(=O)NC[C@@H]2O[C@@H](CO)[C@@H](O)[C@H]2N2CCN(C3CCCC[NH2+]3)CC2)C1. The van der Waals surface area contributed by atoms with Crippen LogP contribution in [0.25, 0.3) is 0 Å². The standard InChI is InChI=1S/C23H43N5O5/c1-32-17-6-4-5-16(13-17)26-23(31)25-14-18-21(22(30)19(15-29)33-18)28-11-9-27(10-12-28)20-7-2-3-8-24-20/h16-22,24,29-30H,2-15H2,1H3,(H2,25,26,31)/p+1/t16?,17?,18-,19-,20?,21-,22+/m0/s1. The Hall–Kier alpha value is -1.01. The number of nitrogens with one attached hydrogen (secondary N) is 2. The van der Waals surface area contributed by atoms with Crippen molar-refractivity contribution >= 4 is 6.03 Å².